The van der Waals surface area contributed by atoms with E-state index in [1.54, 1.807) is 0 Å². The van der Waals surface area contributed by atoms with E-state index in [1.165, 1.54) is 18.4 Å². The molecule has 1 aromatic heterocycles. The lowest BCUT2D eigenvalue weighted by molar-refractivity contribution is 0.334. The Hall–Kier alpha value is -0.890. The normalized spacial score (nSPS) is 16.8. The van der Waals surface area contributed by atoms with Gasteiger partial charge in [-0.25, -0.2) is 0 Å². The van der Waals surface area contributed by atoms with E-state index in [0.29, 0.717) is 17.9 Å². The van der Waals surface area contributed by atoms with Crippen LogP contribution in [-0.2, 0) is 0 Å². The molecule has 3 unspecified atom stereocenters. The van der Waals surface area contributed by atoms with Crippen LogP contribution < -0.4 is 5.32 Å². The molecule has 0 saturated heterocycles. The van der Waals surface area contributed by atoms with E-state index in [-0.39, 0.29) is 0 Å². The molecule has 2 heteroatoms. The first-order chi connectivity index (χ1) is 7.70. The molecule has 0 aliphatic rings. The first-order valence-electron chi connectivity index (χ1n) is 6.27. The summed E-state index contributed by atoms with van der Waals surface area (Å²) >= 11 is 0. The van der Waals surface area contributed by atoms with Gasteiger partial charge < -0.3 is 5.32 Å². The highest BCUT2D eigenvalue weighted by Crippen LogP contribution is 2.25. The third-order valence-corrected chi connectivity index (χ3v) is 3.46. The Morgan fingerprint density at radius 2 is 1.88 bits per heavy atom. The minimum atomic E-state index is 0.537. The zero-order chi connectivity index (χ0) is 12.0. The summed E-state index contributed by atoms with van der Waals surface area (Å²) in [6, 6.07) is 4.78. The maximum absolute atomic E-state index is 4.07. The van der Waals surface area contributed by atoms with Crippen molar-refractivity contribution < 1.29 is 0 Å². The first-order valence-corrected chi connectivity index (χ1v) is 6.27. The Morgan fingerprint density at radius 1 is 1.25 bits per heavy atom. The molecule has 2 nitrogen and oxygen atoms in total. The average molecular weight is 220 g/mol. The molecule has 0 amide bonds. The largest absolute Gasteiger partial charge is 0.316 e. The third kappa shape index (κ3) is 3.31. The maximum Gasteiger partial charge on any atom is 0.0270 e. The molecule has 1 aromatic rings. The SMILES string of the molecule is CCCC(C)C(NC)C(C)c1ccncc1. The maximum atomic E-state index is 4.07. The lowest BCUT2D eigenvalue weighted by Crippen LogP contribution is -2.36. The highest BCUT2D eigenvalue weighted by molar-refractivity contribution is 5.17. The molecule has 16 heavy (non-hydrogen) atoms. The van der Waals surface area contributed by atoms with Gasteiger partial charge in [-0.15, -0.1) is 0 Å². The predicted molar refractivity (Wildman–Crippen MR) is 69.6 cm³/mol. The van der Waals surface area contributed by atoms with Crippen LogP contribution in [0.25, 0.3) is 0 Å². The Morgan fingerprint density at radius 3 is 2.38 bits per heavy atom. The van der Waals surface area contributed by atoms with Crippen molar-refractivity contribution in [1.82, 2.24) is 10.3 Å². The summed E-state index contributed by atoms with van der Waals surface area (Å²) in [4.78, 5) is 4.07. The van der Waals surface area contributed by atoms with E-state index in [1.807, 2.05) is 12.4 Å². The van der Waals surface area contributed by atoms with Crippen LogP contribution in [0.1, 0.15) is 45.1 Å². The highest BCUT2D eigenvalue weighted by atomic mass is 14.9. The molecular formula is C14H24N2. The van der Waals surface area contributed by atoms with Crippen molar-refractivity contribution in [3.05, 3.63) is 30.1 Å². The predicted octanol–water partition coefficient (Wildman–Crippen LogP) is 3.21. The average Bonchev–Trinajstić information content (AvgIpc) is 2.31. The molecule has 90 valence electrons. The Labute approximate surface area is 99.5 Å². The molecule has 3 atom stereocenters. The fourth-order valence-corrected chi connectivity index (χ4v) is 2.54. The second kappa shape index (κ2) is 6.64. The van der Waals surface area contributed by atoms with Crippen LogP contribution in [0.15, 0.2) is 24.5 Å². The lowest BCUT2D eigenvalue weighted by Gasteiger charge is -2.29. The van der Waals surface area contributed by atoms with Gasteiger partial charge in [-0.3, -0.25) is 4.98 Å². The standard InChI is InChI=1S/C14H24N2/c1-5-6-11(2)14(15-4)12(3)13-7-9-16-10-8-13/h7-12,14-15H,5-6H2,1-4H3. The van der Waals surface area contributed by atoms with Crippen LogP contribution in [0, 0.1) is 5.92 Å². The Kier molecular flexibility index (Phi) is 5.47. The molecule has 0 aliphatic heterocycles. The monoisotopic (exact) mass is 220 g/mol. The quantitative estimate of drug-likeness (QED) is 0.796. The van der Waals surface area contributed by atoms with E-state index < -0.39 is 0 Å². The molecule has 0 aliphatic carbocycles. The van der Waals surface area contributed by atoms with Crippen LogP contribution in [0.3, 0.4) is 0 Å². The zero-order valence-corrected chi connectivity index (χ0v) is 10.9. The van der Waals surface area contributed by atoms with Crippen molar-refractivity contribution >= 4 is 0 Å². The number of likely N-dealkylation sites (N-methyl/N-ethyl adjacent to an activating group) is 1. The molecule has 0 aromatic carbocycles. The summed E-state index contributed by atoms with van der Waals surface area (Å²) in [5.41, 5.74) is 1.37. The van der Waals surface area contributed by atoms with Gasteiger partial charge in [0, 0.05) is 18.4 Å². The van der Waals surface area contributed by atoms with Crippen LogP contribution in [0.2, 0.25) is 0 Å². The van der Waals surface area contributed by atoms with Crippen molar-refractivity contribution in [2.45, 2.75) is 45.6 Å². The molecule has 1 N–H and O–H groups in total. The molecule has 1 rings (SSSR count). The summed E-state index contributed by atoms with van der Waals surface area (Å²) in [5, 5.41) is 3.46. The van der Waals surface area contributed by atoms with Gasteiger partial charge in [0.05, 0.1) is 0 Å². The van der Waals surface area contributed by atoms with Crippen LogP contribution in [0.4, 0.5) is 0 Å². The third-order valence-electron chi connectivity index (χ3n) is 3.46. The van der Waals surface area contributed by atoms with Gasteiger partial charge in [0.25, 0.3) is 0 Å². The van der Waals surface area contributed by atoms with Crippen molar-refractivity contribution in [2.75, 3.05) is 7.05 Å². The van der Waals surface area contributed by atoms with Crippen LogP contribution >= 0.6 is 0 Å². The molecule has 0 spiro atoms. The first kappa shape index (κ1) is 13.2. The highest BCUT2D eigenvalue weighted by Gasteiger charge is 2.22. The molecule has 0 fully saturated rings. The van der Waals surface area contributed by atoms with Crippen LogP contribution in [-0.4, -0.2) is 18.1 Å². The van der Waals surface area contributed by atoms with Crippen molar-refractivity contribution in [1.29, 1.82) is 0 Å². The second-order valence-corrected chi connectivity index (χ2v) is 4.65. The molecule has 0 bridgehead atoms. The summed E-state index contributed by atoms with van der Waals surface area (Å²) < 4.78 is 0. The number of pyridine rings is 1. The zero-order valence-electron chi connectivity index (χ0n) is 10.9. The second-order valence-electron chi connectivity index (χ2n) is 4.65. The number of hydrogen-bond donors (Lipinski definition) is 1. The van der Waals surface area contributed by atoms with E-state index in [4.69, 9.17) is 0 Å². The van der Waals surface area contributed by atoms with Gasteiger partial charge in [0.2, 0.25) is 0 Å². The van der Waals surface area contributed by atoms with Gasteiger partial charge in [-0.1, -0.05) is 27.2 Å². The smallest absolute Gasteiger partial charge is 0.0270 e. The van der Waals surface area contributed by atoms with E-state index in [9.17, 15) is 0 Å². The van der Waals surface area contributed by atoms with Gasteiger partial charge in [-0.05, 0) is 43.0 Å². The van der Waals surface area contributed by atoms with Gasteiger partial charge >= 0.3 is 0 Å². The molecule has 0 radical (unpaired) electrons. The lowest BCUT2D eigenvalue weighted by atomic mass is 9.84. The summed E-state index contributed by atoms with van der Waals surface area (Å²) in [6.07, 6.45) is 6.29. The van der Waals surface area contributed by atoms with Crippen molar-refractivity contribution in [3.8, 4) is 0 Å². The molecule has 0 saturated carbocycles. The minimum Gasteiger partial charge on any atom is -0.316 e. The number of rotatable bonds is 6. The molecule has 1 heterocycles. The Balaban J connectivity index is 2.73. The number of hydrogen-bond acceptors (Lipinski definition) is 2. The minimum absolute atomic E-state index is 0.537. The van der Waals surface area contributed by atoms with Gasteiger partial charge in [-0.2, -0.15) is 0 Å². The topological polar surface area (TPSA) is 24.9 Å². The van der Waals surface area contributed by atoms with Crippen LogP contribution in [0.5, 0.6) is 0 Å². The fourth-order valence-electron chi connectivity index (χ4n) is 2.54. The van der Waals surface area contributed by atoms with E-state index >= 15 is 0 Å². The number of aromatic nitrogens is 1. The summed E-state index contributed by atoms with van der Waals surface area (Å²) in [7, 11) is 2.06. The fraction of sp³-hybridized carbons (Fsp3) is 0.643. The van der Waals surface area contributed by atoms with Gasteiger partial charge in [0.1, 0.15) is 0 Å². The summed E-state index contributed by atoms with van der Waals surface area (Å²) in [6.45, 7) is 6.88. The number of nitrogens with one attached hydrogen (secondary N) is 1. The van der Waals surface area contributed by atoms with Gasteiger partial charge in [0.15, 0.2) is 0 Å². The molecular weight excluding hydrogens is 196 g/mol. The van der Waals surface area contributed by atoms with E-state index in [0.717, 1.165) is 0 Å². The number of nitrogens with zero attached hydrogens (tertiary/aromatic N) is 1. The van der Waals surface area contributed by atoms with E-state index in [2.05, 4.69) is 50.3 Å². The van der Waals surface area contributed by atoms with Crippen molar-refractivity contribution in [2.24, 2.45) is 5.92 Å². The Bertz CT molecular complexity index is 284. The van der Waals surface area contributed by atoms with Crippen molar-refractivity contribution in [3.63, 3.8) is 0 Å². The summed E-state index contributed by atoms with van der Waals surface area (Å²) in [5.74, 6) is 1.24.